The van der Waals surface area contributed by atoms with Gasteiger partial charge in [0.25, 0.3) is 11.8 Å². The Bertz CT molecular complexity index is 729. The molecule has 1 heterocycles. The predicted octanol–water partition coefficient (Wildman–Crippen LogP) is 2.69. The molecule has 7 nitrogen and oxygen atoms in total. The summed E-state index contributed by atoms with van der Waals surface area (Å²) < 4.78 is 11.4. The van der Waals surface area contributed by atoms with Crippen LogP contribution in [0.15, 0.2) is 18.2 Å². The van der Waals surface area contributed by atoms with Gasteiger partial charge in [-0.3, -0.25) is 14.5 Å². The molecule has 2 aliphatic rings. The van der Waals surface area contributed by atoms with Crippen LogP contribution in [0, 0.1) is 0 Å². The molecule has 1 unspecified atom stereocenters. The highest BCUT2D eigenvalue weighted by atomic mass is 16.5. The van der Waals surface area contributed by atoms with Gasteiger partial charge in [-0.2, -0.15) is 0 Å². The topological polar surface area (TPSA) is 71.1 Å². The fourth-order valence-corrected chi connectivity index (χ4v) is 3.74. The second kappa shape index (κ2) is 10.7. The second-order valence-corrected chi connectivity index (χ2v) is 8.28. The van der Waals surface area contributed by atoms with Gasteiger partial charge in [0.1, 0.15) is 0 Å². The van der Waals surface area contributed by atoms with Gasteiger partial charge in [0.05, 0.1) is 6.61 Å². The quantitative estimate of drug-likeness (QED) is 0.634. The molecule has 0 aromatic heterocycles. The van der Waals surface area contributed by atoms with E-state index in [9.17, 15) is 9.59 Å². The Kier molecular flexibility index (Phi) is 7.96. The van der Waals surface area contributed by atoms with Crippen molar-refractivity contribution in [1.82, 2.24) is 15.1 Å². The molecule has 1 saturated carbocycles. The molecular formula is C23H35N3O4. The summed E-state index contributed by atoms with van der Waals surface area (Å²) in [6.45, 7) is 6.63. The van der Waals surface area contributed by atoms with Gasteiger partial charge >= 0.3 is 0 Å². The smallest absolute Gasteiger partial charge is 0.260 e. The maximum atomic E-state index is 12.6. The maximum absolute atomic E-state index is 12.6. The van der Waals surface area contributed by atoms with Crippen molar-refractivity contribution in [1.29, 1.82) is 0 Å². The van der Waals surface area contributed by atoms with Gasteiger partial charge in [-0.15, -0.1) is 0 Å². The van der Waals surface area contributed by atoms with E-state index in [1.54, 1.807) is 18.2 Å². The Morgan fingerprint density at radius 2 is 1.90 bits per heavy atom. The first-order valence-electron chi connectivity index (χ1n) is 11.2. The summed E-state index contributed by atoms with van der Waals surface area (Å²) in [7, 11) is 2.11. The lowest BCUT2D eigenvalue weighted by Crippen LogP contribution is -2.41. The molecule has 30 heavy (non-hydrogen) atoms. The minimum atomic E-state index is -0.136. The number of piperidine rings is 1. The zero-order valence-corrected chi connectivity index (χ0v) is 18.5. The van der Waals surface area contributed by atoms with Gasteiger partial charge < -0.3 is 19.7 Å². The first kappa shape index (κ1) is 22.4. The van der Waals surface area contributed by atoms with Crippen molar-refractivity contribution in [2.45, 2.75) is 58.0 Å². The van der Waals surface area contributed by atoms with E-state index in [1.807, 2.05) is 11.8 Å². The SMILES string of the molecule is CCOc1cc(C(=O)NCC(C)N(C)C2CC2)ccc1OCC(=O)N1CCCCC1. The molecule has 1 N–H and O–H groups in total. The monoisotopic (exact) mass is 417 g/mol. The van der Waals surface area contributed by atoms with Gasteiger partial charge in [0.15, 0.2) is 18.1 Å². The lowest BCUT2D eigenvalue weighted by molar-refractivity contribution is -0.134. The number of carbonyl (C=O) groups is 2. The van der Waals surface area contributed by atoms with Crippen molar-refractivity contribution >= 4 is 11.8 Å². The molecule has 166 valence electrons. The van der Waals surface area contributed by atoms with E-state index >= 15 is 0 Å². The summed E-state index contributed by atoms with van der Waals surface area (Å²) >= 11 is 0. The fourth-order valence-electron chi connectivity index (χ4n) is 3.74. The molecule has 0 bridgehead atoms. The zero-order valence-electron chi connectivity index (χ0n) is 18.5. The summed E-state index contributed by atoms with van der Waals surface area (Å²) in [5.41, 5.74) is 0.523. The third-order valence-electron chi connectivity index (χ3n) is 5.94. The zero-order chi connectivity index (χ0) is 21.5. The molecular weight excluding hydrogens is 382 g/mol. The molecule has 1 aromatic carbocycles. The van der Waals surface area contributed by atoms with Gasteiger partial charge in [0.2, 0.25) is 0 Å². The highest BCUT2D eigenvalue weighted by Gasteiger charge is 2.29. The molecule has 7 heteroatoms. The summed E-state index contributed by atoms with van der Waals surface area (Å²) in [6.07, 6.45) is 5.77. The number of hydrogen-bond donors (Lipinski definition) is 1. The third kappa shape index (κ3) is 6.11. The number of benzene rings is 1. The van der Waals surface area contributed by atoms with Crippen LogP contribution in [-0.4, -0.2) is 73.6 Å². The van der Waals surface area contributed by atoms with Crippen LogP contribution in [0.3, 0.4) is 0 Å². The lowest BCUT2D eigenvalue weighted by Gasteiger charge is -2.26. The highest BCUT2D eigenvalue weighted by Crippen LogP contribution is 2.29. The molecule has 1 aromatic rings. The van der Waals surface area contributed by atoms with E-state index in [4.69, 9.17) is 9.47 Å². The van der Waals surface area contributed by atoms with Crippen LogP contribution in [0.2, 0.25) is 0 Å². The number of likely N-dealkylation sites (tertiary alicyclic amines) is 1. The number of rotatable bonds is 10. The van der Waals surface area contributed by atoms with E-state index < -0.39 is 0 Å². The molecule has 2 amide bonds. The Labute approximate surface area is 179 Å². The minimum absolute atomic E-state index is 0.00672. The lowest BCUT2D eigenvalue weighted by atomic mass is 10.1. The summed E-state index contributed by atoms with van der Waals surface area (Å²) in [6, 6.07) is 6.06. The summed E-state index contributed by atoms with van der Waals surface area (Å²) in [4.78, 5) is 29.1. The van der Waals surface area contributed by atoms with Gasteiger partial charge in [-0.1, -0.05) is 0 Å². The molecule has 0 spiro atoms. The average Bonchev–Trinajstić information content (AvgIpc) is 3.61. The number of carbonyl (C=O) groups excluding carboxylic acids is 2. The first-order valence-corrected chi connectivity index (χ1v) is 11.2. The van der Waals surface area contributed by atoms with E-state index in [2.05, 4.69) is 24.2 Å². The third-order valence-corrected chi connectivity index (χ3v) is 5.94. The second-order valence-electron chi connectivity index (χ2n) is 8.28. The Morgan fingerprint density at radius 1 is 1.17 bits per heavy atom. The van der Waals surface area contributed by atoms with E-state index in [0.717, 1.165) is 25.9 Å². The van der Waals surface area contributed by atoms with Crippen molar-refractivity contribution < 1.29 is 19.1 Å². The van der Waals surface area contributed by atoms with Crippen LogP contribution < -0.4 is 14.8 Å². The van der Waals surface area contributed by atoms with Crippen molar-refractivity contribution in [3.63, 3.8) is 0 Å². The number of ether oxygens (including phenoxy) is 2. The average molecular weight is 418 g/mol. The normalized spacial score (nSPS) is 17.5. The number of hydrogen-bond acceptors (Lipinski definition) is 5. The van der Waals surface area contributed by atoms with Gasteiger partial charge in [0, 0.05) is 37.3 Å². The predicted molar refractivity (Wildman–Crippen MR) is 116 cm³/mol. The van der Waals surface area contributed by atoms with Crippen LogP contribution >= 0.6 is 0 Å². The van der Waals surface area contributed by atoms with Crippen LogP contribution in [-0.2, 0) is 4.79 Å². The first-order chi connectivity index (χ1) is 14.5. The minimum Gasteiger partial charge on any atom is -0.490 e. The van der Waals surface area contributed by atoms with E-state index in [1.165, 1.54) is 19.3 Å². The molecule has 1 aliphatic carbocycles. The summed E-state index contributed by atoms with van der Waals surface area (Å²) in [5, 5.41) is 3.01. The molecule has 0 radical (unpaired) electrons. The Morgan fingerprint density at radius 3 is 2.57 bits per heavy atom. The standard InChI is InChI=1S/C23H35N3O4/c1-4-29-21-14-18(23(28)24-15-17(2)25(3)19-9-10-19)8-11-20(21)30-16-22(27)26-12-6-5-7-13-26/h8,11,14,17,19H,4-7,9-10,12-13,15-16H2,1-3H3,(H,24,28). The van der Waals surface area contributed by atoms with Crippen LogP contribution in [0.1, 0.15) is 56.3 Å². The molecule has 3 rings (SSSR count). The fraction of sp³-hybridized carbons (Fsp3) is 0.652. The molecule has 1 aliphatic heterocycles. The van der Waals surface area contributed by atoms with Crippen molar-refractivity contribution in [3.8, 4) is 11.5 Å². The Balaban J connectivity index is 1.56. The number of nitrogens with zero attached hydrogens (tertiary/aromatic N) is 2. The molecule has 1 atom stereocenters. The number of amides is 2. The largest absolute Gasteiger partial charge is 0.490 e. The molecule has 2 fully saturated rings. The highest BCUT2D eigenvalue weighted by molar-refractivity contribution is 5.94. The maximum Gasteiger partial charge on any atom is 0.260 e. The van der Waals surface area contributed by atoms with Gasteiger partial charge in [-0.25, -0.2) is 0 Å². The van der Waals surface area contributed by atoms with E-state index in [-0.39, 0.29) is 24.5 Å². The summed E-state index contributed by atoms with van der Waals surface area (Å²) in [5.74, 6) is 0.830. The van der Waals surface area contributed by atoms with Gasteiger partial charge in [-0.05, 0) is 71.2 Å². The van der Waals surface area contributed by atoms with Crippen molar-refractivity contribution in [2.24, 2.45) is 0 Å². The van der Waals surface area contributed by atoms with Crippen molar-refractivity contribution in [2.75, 3.05) is 39.9 Å². The van der Waals surface area contributed by atoms with Crippen LogP contribution in [0.25, 0.3) is 0 Å². The van der Waals surface area contributed by atoms with E-state index in [0.29, 0.717) is 36.3 Å². The number of likely N-dealkylation sites (N-methyl/N-ethyl adjacent to an activating group) is 1. The van der Waals surface area contributed by atoms with Crippen LogP contribution in [0.5, 0.6) is 11.5 Å². The Hall–Kier alpha value is -2.28. The molecule has 1 saturated heterocycles. The number of nitrogens with one attached hydrogen (secondary N) is 1. The van der Waals surface area contributed by atoms with Crippen LogP contribution in [0.4, 0.5) is 0 Å². The van der Waals surface area contributed by atoms with Crippen molar-refractivity contribution in [3.05, 3.63) is 23.8 Å².